The van der Waals surface area contributed by atoms with E-state index in [2.05, 4.69) is 10.0 Å². The normalized spacial score (nSPS) is 9.93. The fourth-order valence-electron chi connectivity index (χ4n) is 1.19. The van der Waals surface area contributed by atoms with Gasteiger partial charge in [0, 0.05) is 22.7 Å². The summed E-state index contributed by atoms with van der Waals surface area (Å²) < 4.78 is 1.61. The third-order valence-corrected chi connectivity index (χ3v) is 1.91. The standard InChI is InChI=1S/C9H12N4O/c1-7(2)13-5-3-4-8(9(13)14)6-11-12-10/h3-5,7H,6H2,1-2H3. The first-order chi connectivity index (χ1) is 6.66. The van der Waals surface area contributed by atoms with Gasteiger partial charge in [-0.3, -0.25) is 4.79 Å². The largest absolute Gasteiger partial charge is 0.313 e. The molecule has 0 atom stereocenters. The third kappa shape index (κ3) is 2.14. The van der Waals surface area contributed by atoms with Crippen LogP contribution >= 0.6 is 0 Å². The van der Waals surface area contributed by atoms with Gasteiger partial charge in [-0.25, -0.2) is 0 Å². The van der Waals surface area contributed by atoms with Crippen LogP contribution in [0.15, 0.2) is 28.2 Å². The van der Waals surface area contributed by atoms with Crippen LogP contribution in [0.3, 0.4) is 0 Å². The Labute approximate surface area is 81.6 Å². The summed E-state index contributed by atoms with van der Waals surface area (Å²) in [5.41, 5.74) is 8.59. The maximum absolute atomic E-state index is 11.7. The van der Waals surface area contributed by atoms with Crippen LogP contribution in [0, 0.1) is 0 Å². The van der Waals surface area contributed by atoms with E-state index in [1.54, 1.807) is 22.9 Å². The summed E-state index contributed by atoms with van der Waals surface area (Å²) in [6, 6.07) is 3.58. The molecule has 1 rings (SSSR count). The molecule has 5 heteroatoms. The quantitative estimate of drug-likeness (QED) is 0.411. The summed E-state index contributed by atoms with van der Waals surface area (Å²) in [5, 5.41) is 3.37. The fourth-order valence-corrected chi connectivity index (χ4v) is 1.19. The van der Waals surface area contributed by atoms with Crippen LogP contribution in [0.4, 0.5) is 0 Å². The molecule has 0 radical (unpaired) electrons. The average molecular weight is 192 g/mol. The molecular formula is C9H12N4O. The number of hydrogen-bond donors (Lipinski definition) is 0. The van der Waals surface area contributed by atoms with Crippen LogP contribution in [0.5, 0.6) is 0 Å². The summed E-state index contributed by atoms with van der Waals surface area (Å²) in [4.78, 5) is 14.3. The molecule has 0 saturated carbocycles. The minimum atomic E-state index is -0.0881. The Morgan fingerprint density at radius 2 is 2.36 bits per heavy atom. The lowest BCUT2D eigenvalue weighted by Crippen LogP contribution is -2.23. The van der Waals surface area contributed by atoms with Crippen LogP contribution in [-0.4, -0.2) is 4.57 Å². The summed E-state index contributed by atoms with van der Waals surface area (Å²) in [6.07, 6.45) is 1.73. The molecule has 0 bridgehead atoms. The smallest absolute Gasteiger partial charge is 0.254 e. The molecule has 0 unspecified atom stereocenters. The lowest BCUT2D eigenvalue weighted by Gasteiger charge is -2.09. The van der Waals surface area contributed by atoms with Crippen molar-refractivity contribution in [1.82, 2.24) is 4.57 Å². The highest BCUT2D eigenvalue weighted by Gasteiger charge is 2.03. The van der Waals surface area contributed by atoms with Gasteiger partial charge < -0.3 is 4.57 Å². The van der Waals surface area contributed by atoms with Crippen LogP contribution < -0.4 is 5.56 Å². The molecule has 0 amide bonds. The lowest BCUT2D eigenvalue weighted by molar-refractivity contribution is 0.573. The van der Waals surface area contributed by atoms with Crippen molar-refractivity contribution in [2.75, 3.05) is 0 Å². The van der Waals surface area contributed by atoms with E-state index in [1.807, 2.05) is 13.8 Å². The van der Waals surface area contributed by atoms with Crippen molar-refractivity contribution in [2.45, 2.75) is 26.4 Å². The Hall–Kier alpha value is -1.74. The van der Waals surface area contributed by atoms with E-state index >= 15 is 0 Å². The molecule has 0 spiro atoms. The topological polar surface area (TPSA) is 70.8 Å². The van der Waals surface area contributed by atoms with Gasteiger partial charge >= 0.3 is 0 Å². The maximum Gasteiger partial charge on any atom is 0.254 e. The number of nitrogens with zero attached hydrogens (tertiary/aromatic N) is 4. The van der Waals surface area contributed by atoms with E-state index in [9.17, 15) is 4.79 Å². The second-order valence-electron chi connectivity index (χ2n) is 3.23. The van der Waals surface area contributed by atoms with Gasteiger partial charge in [-0.1, -0.05) is 11.2 Å². The number of aromatic nitrogens is 1. The Bertz CT molecular complexity index is 415. The predicted octanol–water partition coefficient (Wildman–Crippen LogP) is 2.24. The fraction of sp³-hybridized carbons (Fsp3) is 0.444. The SMILES string of the molecule is CC(C)n1cccc(CN=[N+]=[N-])c1=O. The van der Waals surface area contributed by atoms with Crippen molar-refractivity contribution in [3.8, 4) is 0 Å². The highest BCUT2D eigenvalue weighted by molar-refractivity contribution is 5.10. The van der Waals surface area contributed by atoms with Gasteiger partial charge in [-0.15, -0.1) is 0 Å². The van der Waals surface area contributed by atoms with Crippen LogP contribution in [0.25, 0.3) is 10.4 Å². The molecule has 1 aromatic rings. The molecule has 0 aromatic carbocycles. The zero-order valence-corrected chi connectivity index (χ0v) is 8.21. The van der Waals surface area contributed by atoms with E-state index in [1.165, 1.54) is 0 Å². The van der Waals surface area contributed by atoms with E-state index in [-0.39, 0.29) is 18.1 Å². The van der Waals surface area contributed by atoms with Gasteiger partial charge in [0.15, 0.2) is 0 Å². The Balaban J connectivity index is 3.14. The van der Waals surface area contributed by atoms with E-state index in [0.29, 0.717) is 5.56 Å². The van der Waals surface area contributed by atoms with Crippen molar-refractivity contribution < 1.29 is 0 Å². The van der Waals surface area contributed by atoms with Crippen LogP contribution in [0.2, 0.25) is 0 Å². The third-order valence-electron chi connectivity index (χ3n) is 1.91. The molecule has 0 N–H and O–H groups in total. The highest BCUT2D eigenvalue weighted by atomic mass is 16.1. The number of rotatable bonds is 3. The summed E-state index contributed by atoms with van der Waals surface area (Å²) >= 11 is 0. The Morgan fingerprint density at radius 3 is 2.93 bits per heavy atom. The molecule has 74 valence electrons. The molecule has 0 saturated heterocycles. The van der Waals surface area contributed by atoms with E-state index in [0.717, 1.165) is 0 Å². The van der Waals surface area contributed by atoms with Gasteiger partial charge in [0.25, 0.3) is 5.56 Å². The molecule has 0 aliphatic carbocycles. The van der Waals surface area contributed by atoms with Gasteiger partial charge in [-0.05, 0) is 25.4 Å². The van der Waals surface area contributed by atoms with Crippen LogP contribution in [-0.2, 0) is 6.54 Å². The first-order valence-electron chi connectivity index (χ1n) is 4.37. The van der Waals surface area contributed by atoms with Crippen molar-refractivity contribution in [1.29, 1.82) is 0 Å². The molecule has 0 aliphatic heterocycles. The predicted molar refractivity (Wildman–Crippen MR) is 53.9 cm³/mol. The minimum Gasteiger partial charge on any atom is -0.313 e. The summed E-state index contributed by atoms with van der Waals surface area (Å²) in [5.74, 6) is 0. The average Bonchev–Trinajstić information content (AvgIpc) is 2.16. The Kier molecular flexibility index (Phi) is 3.31. The van der Waals surface area contributed by atoms with Crippen molar-refractivity contribution in [2.24, 2.45) is 5.11 Å². The summed E-state index contributed by atoms with van der Waals surface area (Å²) in [7, 11) is 0. The molecule has 0 fully saturated rings. The number of azide groups is 1. The molecule has 5 nitrogen and oxygen atoms in total. The Morgan fingerprint density at radius 1 is 1.64 bits per heavy atom. The van der Waals surface area contributed by atoms with Crippen molar-refractivity contribution in [3.05, 3.63) is 44.7 Å². The molecule has 1 heterocycles. The molecule has 0 aliphatic rings. The molecule has 14 heavy (non-hydrogen) atoms. The molecular weight excluding hydrogens is 180 g/mol. The lowest BCUT2D eigenvalue weighted by atomic mass is 10.2. The van der Waals surface area contributed by atoms with E-state index < -0.39 is 0 Å². The van der Waals surface area contributed by atoms with Gasteiger partial charge in [-0.2, -0.15) is 0 Å². The first kappa shape index (κ1) is 10.3. The summed E-state index contributed by atoms with van der Waals surface area (Å²) in [6.45, 7) is 3.97. The van der Waals surface area contributed by atoms with Crippen molar-refractivity contribution >= 4 is 0 Å². The minimum absolute atomic E-state index is 0.0881. The zero-order valence-electron chi connectivity index (χ0n) is 8.21. The molecule has 1 aromatic heterocycles. The second kappa shape index (κ2) is 4.48. The highest BCUT2D eigenvalue weighted by Crippen LogP contribution is 2.01. The zero-order chi connectivity index (χ0) is 10.6. The maximum atomic E-state index is 11.7. The first-order valence-corrected chi connectivity index (χ1v) is 4.37. The number of pyridine rings is 1. The monoisotopic (exact) mass is 192 g/mol. The van der Waals surface area contributed by atoms with E-state index in [4.69, 9.17) is 5.53 Å². The van der Waals surface area contributed by atoms with Crippen LogP contribution in [0.1, 0.15) is 25.5 Å². The van der Waals surface area contributed by atoms with Crippen molar-refractivity contribution in [3.63, 3.8) is 0 Å². The second-order valence-corrected chi connectivity index (χ2v) is 3.23. The van der Waals surface area contributed by atoms with Gasteiger partial charge in [0.2, 0.25) is 0 Å². The van der Waals surface area contributed by atoms with Gasteiger partial charge in [0.1, 0.15) is 0 Å². The number of hydrogen-bond acceptors (Lipinski definition) is 2. The van der Waals surface area contributed by atoms with Gasteiger partial charge in [0.05, 0.1) is 6.54 Å².